The number of thiophene rings is 1. The number of rotatable bonds is 6. The van der Waals surface area contributed by atoms with Crippen molar-refractivity contribution in [1.29, 1.82) is 0 Å². The average molecular weight is 293 g/mol. The normalized spacial score (nSPS) is 10.2. The summed E-state index contributed by atoms with van der Waals surface area (Å²) in [4.78, 5) is 26.8. The molecular weight excluding hydrogens is 278 g/mol. The summed E-state index contributed by atoms with van der Waals surface area (Å²) in [5.74, 6) is -0.108. The summed E-state index contributed by atoms with van der Waals surface area (Å²) in [6.45, 7) is 0.0777. The van der Waals surface area contributed by atoms with Crippen LogP contribution < -0.4 is 10.6 Å². The highest BCUT2D eigenvalue weighted by molar-refractivity contribution is 7.07. The molecule has 7 nitrogen and oxygen atoms in total. The van der Waals surface area contributed by atoms with Gasteiger partial charge in [-0.2, -0.15) is 11.3 Å². The number of anilines is 1. The SMILES string of the molecule is CNC(=O)Cn1cnc(NC(=O)CCc2ccsc2)n1. The van der Waals surface area contributed by atoms with E-state index in [1.807, 2.05) is 16.8 Å². The standard InChI is InChI=1S/C12H15N5O2S/c1-13-11(19)6-17-8-14-12(16-17)15-10(18)3-2-9-4-5-20-7-9/h4-5,7-8H,2-3,6H2,1H3,(H,13,19)(H,15,16,18). The Morgan fingerprint density at radius 2 is 2.25 bits per heavy atom. The smallest absolute Gasteiger partial charge is 0.248 e. The second-order valence-electron chi connectivity index (χ2n) is 4.12. The fourth-order valence-electron chi connectivity index (χ4n) is 1.53. The van der Waals surface area contributed by atoms with E-state index in [1.54, 1.807) is 18.4 Å². The molecule has 0 aliphatic heterocycles. The Bertz CT molecular complexity index is 578. The Labute approximate surface area is 120 Å². The van der Waals surface area contributed by atoms with Crippen molar-refractivity contribution in [2.45, 2.75) is 19.4 Å². The van der Waals surface area contributed by atoms with Crippen LogP contribution in [0.25, 0.3) is 0 Å². The van der Waals surface area contributed by atoms with Gasteiger partial charge in [0.1, 0.15) is 12.9 Å². The predicted molar refractivity (Wildman–Crippen MR) is 75.4 cm³/mol. The molecule has 0 atom stereocenters. The van der Waals surface area contributed by atoms with Crippen LogP contribution in [0.4, 0.5) is 5.95 Å². The van der Waals surface area contributed by atoms with Crippen LogP contribution in [0, 0.1) is 0 Å². The molecule has 2 heterocycles. The Morgan fingerprint density at radius 1 is 1.40 bits per heavy atom. The monoisotopic (exact) mass is 293 g/mol. The maximum Gasteiger partial charge on any atom is 0.248 e. The van der Waals surface area contributed by atoms with Crippen LogP contribution in [0.3, 0.4) is 0 Å². The molecule has 0 aliphatic rings. The number of likely N-dealkylation sites (N-methyl/N-ethyl adjacent to an activating group) is 1. The van der Waals surface area contributed by atoms with E-state index in [-0.39, 0.29) is 24.3 Å². The number of nitrogens with zero attached hydrogens (tertiary/aromatic N) is 3. The van der Waals surface area contributed by atoms with Gasteiger partial charge in [-0.15, -0.1) is 5.10 Å². The van der Waals surface area contributed by atoms with Crippen LogP contribution in [0.5, 0.6) is 0 Å². The number of aromatic nitrogens is 3. The number of carbonyl (C=O) groups excluding carboxylic acids is 2. The Hall–Kier alpha value is -2.22. The second kappa shape index (κ2) is 6.80. The Kier molecular flexibility index (Phi) is 4.83. The molecular formula is C12H15N5O2S. The van der Waals surface area contributed by atoms with Crippen LogP contribution in [0.1, 0.15) is 12.0 Å². The van der Waals surface area contributed by atoms with Crippen LogP contribution in [-0.4, -0.2) is 33.6 Å². The van der Waals surface area contributed by atoms with Crippen LogP contribution >= 0.6 is 11.3 Å². The summed E-state index contributed by atoms with van der Waals surface area (Å²) in [5, 5.41) is 13.1. The molecule has 0 spiro atoms. The first-order chi connectivity index (χ1) is 9.67. The van der Waals surface area contributed by atoms with Gasteiger partial charge in [0, 0.05) is 13.5 Å². The number of aryl methyl sites for hydroxylation is 1. The third kappa shape index (κ3) is 4.16. The zero-order valence-corrected chi connectivity index (χ0v) is 11.8. The van der Waals surface area contributed by atoms with Crippen molar-refractivity contribution in [3.63, 3.8) is 0 Å². The van der Waals surface area contributed by atoms with Gasteiger partial charge in [0.05, 0.1) is 0 Å². The van der Waals surface area contributed by atoms with Gasteiger partial charge in [-0.05, 0) is 28.8 Å². The zero-order valence-electron chi connectivity index (χ0n) is 11.0. The number of amides is 2. The van der Waals surface area contributed by atoms with E-state index in [0.717, 1.165) is 5.56 Å². The minimum absolute atomic E-state index is 0.0777. The molecule has 2 aromatic heterocycles. The van der Waals surface area contributed by atoms with Gasteiger partial charge in [-0.25, -0.2) is 9.67 Å². The van der Waals surface area contributed by atoms with Gasteiger partial charge in [0.2, 0.25) is 17.8 Å². The first-order valence-electron chi connectivity index (χ1n) is 6.08. The average Bonchev–Trinajstić information content (AvgIpc) is 3.08. The van der Waals surface area contributed by atoms with E-state index in [2.05, 4.69) is 20.7 Å². The predicted octanol–water partition coefficient (Wildman–Crippen LogP) is 0.657. The molecule has 106 valence electrons. The molecule has 20 heavy (non-hydrogen) atoms. The molecule has 0 aliphatic carbocycles. The summed E-state index contributed by atoms with van der Waals surface area (Å²) in [5.41, 5.74) is 1.14. The van der Waals surface area contributed by atoms with E-state index in [1.165, 1.54) is 11.0 Å². The minimum atomic E-state index is -0.176. The van der Waals surface area contributed by atoms with Crippen molar-refractivity contribution in [3.05, 3.63) is 28.7 Å². The van der Waals surface area contributed by atoms with Crippen molar-refractivity contribution in [2.75, 3.05) is 12.4 Å². The van der Waals surface area contributed by atoms with Gasteiger partial charge in [-0.3, -0.25) is 14.9 Å². The summed E-state index contributed by atoms with van der Waals surface area (Å²) in [7, 11) is 1.55. The molecule has 2 rings (SSSR count). The first-order valence-corrected chi connectivity index (χ1v) is 7.02. The molecule has 0 saturated carbocycles. The van der Waals surface area contributed by atoms with Crippen molar-refractivity contribution >= 4 is 29.1 Å². The van der Waals surface area contributed by atoms with E-state index in [0.29, 0.717) is 12.8 Å². The third-order valence-corrected chi connectivity index (χ3v) is 3.33. The number of hydrogen-bond acceptors (Lipinski definition) is 5. The largest absolute Gasteiger partial charge is 0.358 e. The highest BCUT2D eigenvalue weighted by Crippen LogP contribution is 2.09. The summed E-state index contributed by atoms with van der Waals surface area (Å²) < 4.78 is 1.37. The number of carbonyl (C=O) groups is 2. The molecule has 0 radical (unpaired) electrons. The van der Waals surface area contributed by atoms with Gasteiger partial charge in [0.25, 0.3) is 0 Å². The van der Waals surface area contributed by atoms with Crippen molar-refractivity contribution in [1.82, 2.24) is 20.1 Å². The molecule has 0 fully saturated rings. The lowest BCUT2D eigenvalue weighted by Gasteiger charge is -2.00. The molecule has 2 amide bonds. The molecule has 0 unspecified atom stereocenters. The fourth-order valence-corrected chi connectivity index (χ4v) is 2.24. The number of nitrogens with one attached hydrogen (secondary N) is 2. The van der Waals surface area contributed by atoms with E-state index in [9.17, 15) is 9.59 Å². The first kappa shape index (κ1) is 14.2. The van der Waals surface area contributed by atoms with Gasteiger partial charge in [-0.1, -0.05) is 0 Å². The summed E-state index contributed by atoms with van der Waals surface area (Å²) >= 11 is 1.61. The van der Waals surface area contributed by atoms with E-state index < -0.39 is 0 Å². The van der Waals surface area contributed by atoms with Crippen molar-refractivity contribution < 1.29 is 9.59 Å². The lowest BCUT2D eigenvalue weighted by Crippen LogP contribution is -2.23. The molecule has 0 bridgehead atoms. The molecule has 0 aromatic carbocycles. The van der Waals surface area contributed by atoms with Crippen LogP contribution in [-0.2, 0) is 22.6 Å². The fraction of sp³-hybridized carbons (Fsp3) is 0.333. The zero-order chi connectivity index (χ0) is 14.4. The molecule has 0 saturated heterocycles. The Balaban J connectivity index is 1.80. The van der Waals surface area contributed by atoms with Gasteiger partial charge < -0.3 is 5.32 Å². The van der Waals surface area contributed by atoms with Crippen molar-refractivity contribution in [3.8, 4) is 0 Å². The van der Waals surface area contributed by atoms with E-state index >= 15 is 0 Å². The lowest BCUT2D eigenvalue weighted by atomic mass is 10.2. The highest BCUT2D eigenvalue weighted by Gasteiger charge is 2.08. The maximum absolute atomic E-state index is 11.7. The maximum atomic E-state index is 11.7. The van der Waals surface area contributed by atoms with Crippen molar-refractivity contribution in [2.24, 2.45) is 0 Å². The minimum Gasteiger partial charge on any atom is -0.358 e. The topological polar surface area (TPSA) is 88.9 Å². The third-order valence-electron chi connectivity index (χ3n) is 2.59. The van der Waals surface area contributed by atoms with Gasteiger partial charge in [0.15, 0.2) is 0 Å². The lowest BCUT2D eigenvalue weighted by molar-refractivity contribution is -0.121. The molecule has 2 aromatic rings. The molecule has 2 N–H and O–H groups in total. The Morgan fingerprint density at radius 3 is 2.95 bits per heavy atom. The van der Waals surface area contributed by atoms with Crippen LogP contribution in [0.2, 0.25) is 0 Å². The van der Waals surface area contributed by atoms with Gasteiger partial charge >= 0.3 is 0 Å². The quantitative estimate of drug-likeness (QED) is 0.818. The van der Waals surface area contributed by atoms with E-state index in [4.69, 9.17) is 0 Å². The molecule has 8 heteroatoms. The summed E-state index contributed by atoms with van der Waals surface area (Å²) in [6.07, 6.45) is 2.47. The second-order valence-corrected chi connectivity index (χ2v) is 4.90. The number of hydrogen-bond donors (Lipinski definition) is 2. The van der Waals surface area contributed by atoms with Crippen LogP contribution in [0.15, 0.2) is 23.2 Å². The highest BCUT2D eigenvalue weighted by atomic mass is 32.1. The summed E-state index contributed by atoms with van der Waals surface area (Å²) in [6, 6.07) is 1.99.